The largest absolute Gasteiger partial charge is 0.494 e. The Balaban J connectivity index is 1.80. The van der Waals surface area contributed by atoms with E-state index in [4.69, 9.17) is 9.47 Å². The summed E-state index contributed by atoms with van der Waals surface area (Å²) < 4.78 is 39.2. The van der Waals surface area contributed by atoms with Gasteiger partial charge in [-0.3, -0.25) is 4.57 Å². The molecule has 37 heavy (non-hydrogen) atoms. The van der Waals surface area contributed by atoms with E-state index in [2.05, 4.69) is 25.1 Å². The van der Waals surface area contributed by atoms with Crippen molar-refractivity contribution < 1.29 is 23.0 Å². The summed E-state index contributed by atoms with van der Waals surface area (Å²) in [6, 6.07) is 10.7. The lowest BCUT2D eigenvalue weighted by atomic mass is 10.2. The SMILES string of the molecule is CCc1cccc(-c2nnc(CS(=O)(=O)C[C@H](O)c3ncc(C)cn3)n2-c2c(OC)cccc2OC)n1. The molecule has 4 rings (SSSR count). The van der Waals surface area contributed by atoms with Crippen LogP contribution in [0.3, 0.4) is 0 Å². The van der Waals surface area contributed by atoms with Crippen LogP contribution in [0.15, 0.2) is 48.8 Å². The molecule has 194 valence electrons. The first-order valence-corrected chi connectivity index (χ1v) is 13.4. The number of rotatable bonds is 10. The van der Waals surface area contributed by atoms with Gasteiger partial charge >= 0.3 is 0 Å². The fraction of sp³-hybridized carbons (Fsp3) is 0.320. The third kappa shape index (κ3) is 5.75. The van der Waals surface area contributed by atoms with Crippen molar-refractivity contribution in [1.29, 1.82) is 0 Å². The second-order valence-corrected chi connectivity index (χ2v) is 10.5. The van der Waals surface area contributed by atoms with E-state index in [1.807, 2.05) is 19.1 Å². The Kier molecular flexibility index (Phi) is 7.79. The monoisotopic (exact) mass is 524 g/mol. The highest BCUT2D eigenvalue weighted by molar-refractivity contribution is 7.90. The van der Waals surface area contributed by atoms with Crippen LogP contribution in [0.25, 0.3) is 17.2 Å². The minimum absolute atomic E-state index is 0.0308. The van der Waals surface area contributed by atoms with Crippen LogP contribution in [-0.4, -0.2) is 63.2 Å². The fourth-order valence-corrected chi connectivity index (χ4v) is 5.14. The highest BCUT2D eigenvalue weighted by atomic mass is 32.2. The van der Waals surface area contributed by atoms with Gasteiger partial charge in [-0.2, -0.15) is 0 Å². The van der Waals surface area contributed by atoms with Gasteiger partial charge in [-0.05, 0) is 43.2 Å². The van der Waals surface area contributed by atoms with E-state index in [-0.39, 0.29) is 11.6 Å². The maximum atomic E-state index is 13.2. The third-order valence-corrected chi connectivity index (χ3v) is 7.13. The molecule has 0 saturated carbocycles. The molecule has 0 bridgehead atoms. The number of pyridine rings is 1. The maximum Gasteiger partial charge on any atom is 0.187 e. The van der Waals surface area contributed by atoms with Crippen molar-refractivity contribution in [2.24, 2.45) is 0 Å². The molecular formula is C25H28N6O5S. The number of aromatic nitrogens is 6. The number of hydrogen-bond donors (Lipinski definition) is 1. The number of methoxy groups -OCH3 is 2. The van der Waals surface area contributed by atoms with Crippen LogP contribution in [-0.2, 0) is 22.0 Å². The number of sulfone groups is 1. The smallest absolute Gasteiger partial charge is 0.187 e. The number of aryl methyl sites for hydroxylation is 2. The molecule has 0 aliphatic heterocycles. The third-order valence-electron chi connectivity index (χ3n) is 5.61. The van der Waals surface area contributed by atoms with E-state index in [9.17, 15) is 13.5 Å². The van der Waals surface area contributed by atoms with Crippen LogP contribution in [0.4, 0.5) is 0 Å². The summed E-state index contributed by atoms with van der Waals surface area (Å²) >= 11 is 0. The number of nitrogens with zero attached hydrogens (tertiary/aromatic N) is 6. The summed E-state index contributed by atoms with van der Waals surface area (Å²) in [5.41, 5.74) is 2.58. The molecule has 0 unspecified atom stereocenters. The predicted molar refractivity (Wildman–Crippen MR) is 136 cm³/mol. The van der Waals surface area contributed by atoms with E-state index in [1.54, 1.807) is 35.8 Å². The van der Waals surface area contributed by atoms with E-state index >= 15 is 0 Å². The van der Waals surface area contributed by atoms with Crippen LogP contribution in [0.5, 0.6) is 11.5 Å². The fourth-order valence-electron chi connectivity index (χ4n) is 3.81. The maximum absolute atomic E-state index is 13.2. The number of ether oxygens (including phenoxy) is 2. The standard InChI is InChI=1S/C25H28N6O5S/c1-5-17-8-6-9-18(28-17)25-30-29-22(31(25)23-20(35-3)10-7-11-21(23)36-4)15-37(33,34)14-19(32)24-26-12-16(2)13-27-24/h6-13,19,32H,5,14-15H2,1-4H3/t19-/m0/s1. The molecule has 1 N–H and O–H groups in total. The summed E-state index contributed by atoms with van der Waals surface area (Å²) in [6.45, 7) is 3.79. The number of benzene rings is 1. The van der Waals surface area contributed by atoms with Gasteiger partial charge in [0.25, 0.3) is 0 Å². The van der Waals surface area contributed by atoms with Gasteiger partial charge < -0.3 is 14.6 Å². The Morgan fingerprint density at radius 2 is 1.65 bits per heavy atom. The molecule has 3 heterocycles. The average Bonchev–Trinajstić information content (AvgIpc) is 3.30. The highest BCUT2D eigenvalue weighted by Crippen LogP contribution is 2.36. The van der Waals surface area contributed by atoms with Crippen molar-refractivity contribution in [2.75, 3.05) is 20.0 Å². The van der Waals surface area contributed by atoms with Crippen molar-refractivity contribution >= 4 is 9.84 Å². The predicted octanol–water partition coefficient (Wildman–Crippen LogP) is 2.66. The van der Waals surface area contributed by atoms with Crippen molar-refractivity contribution in [1.82, 2.24) is 29.7 Å². The number of hydrogen-bond acceptors (Lipinski definition) is 10. The summed E-state index contributed by atoms with van der Waals surface area (Å²) in [7, 11) is -0.886. The zero-order valence-corrected chi connectivity index (χ0v) is 21.8. The van der Waals surface area contributed by atoms with Crippen LogP contribution >= 0.6 is 0 Å². The van der Waals surface area contributed by atoms with Gasteiger partial charge in [0.15, 0.2) is 27.3 Å². The van der Waals surface area contributed by atoms with Gasteiger partial charge in [-0.25, -0.2) is 23.4 Å². The molecule has 0 amide bonds. The quantitative estimate of drug-likeness (QED) is 0.329. The second kappa shape index (κ2) is 11.0. The van der Waals surface area contributed by atoms with Gasteiger partial charge in [0.1, 0.15) is 34.7 Å². The summed E-state index contributed by atoms with van der Waals surface area (Å²) in [5.74, 6) is 0.216. The normalized spacial score (nSPS) is 12.4. The van der Waals surface area contributed by atoms with Crippen LogP contribution in [0, 0.1) is 6.92 Å². The van der Waals surface area contributed by atoms with Crippen LogP contribution < -0.4 is 9.47 Å². The minimum Gasteiger partial charge on any atom is -0.494 e. The molecule has 11 nitrogen and oxygen atoms in total. The van der Waals surface area contributed by atoms with Gasteiger partial charge in [0, 0.05) is 18.1 Å². The second-order valence-electron chi connectivity index (χ2n) is 8.34. The first-order chi connectivity index (χ1) is 17.8. The van der Waals surface area contributed by atoms with Crippen LogP contribution in [0.1, 0.15) is 35.9 Å². The highest BCUT2D eigenvalue weighted by Gasteiger charge is 2.28. The zero-order chi connectivity index (χ0) is 26.6. The zero-order valence-electron chi connectivity index (χ0n) is 21.0. The topological polar surface area (TPSA) is 142 Å². The molecule has 1 atom stereocenters. The number of aliphatic hydroxyl groups is 1. The Morgan fingerprint density at radius 1 is 1.00 bits per heavy atom. The first kappa shape index (κ1) is 26.2. The van der Waals surface area contributed by atoms with E-state index < -0.39 is 27.4 Å². The number of para-hydroxylation sites is 1. The van der Waals surface area contributed by atoms with Crippen molar-refractivity contribution in [3.05, 3.63) is 71.7 Å². The van der Waals surface area contributed by atoms with E-state index in [1.165, 1.54) is 26.6 Å². The van der Waals surface area contributed by atoms with Gasteiger partial charge in [-0.15, -0.1) is 10.2 Å². The van der Waals surface area contributed by atoms with E-state index in [0.717, 1.165) is 11.3 Å². The minimum atomic E-state index is -3.90. The lowest BCUT2D eigenvalue weighted by molar-refractivity contribution is 0.191. The average molecular weight is 525 g/mol. The van der Waals surface area contributed by atoms with Gasteiger partial charge in [0.2, 0.25) is 0 Å². The molecule has 0 fully saturated rings. The summed E-state index contributed by atoms with van der Waals surface area (Å²) in [6.07, 6.45) is 2.35. The number of aliphatic hydroxyl groups excluding tert-OH is 1. The molecule has 1 aromatic carbocycles. The van der Waals surface area contributed by atoms with Crippen LogP contribution in [0.2, 0.25) is 0 Å². The Bertz CT molecular complexity index is 1470. The first-order valence-electron chi connectivity index (χ1n) is 11.5. The molecule has 0 radical (unpaired) electrons. The molecule has 0 aliphatic rings. The Morgan fingerprint density at radius 3 is 2.27 bits per heavy atom. The molecule has 0 spiro atoms. The van der Waals surface area contributed by atoms with Gasteiger partial charge in [-0.1, -0.05) is 19.1 Å². The van der Waals surface area contributed by atoms with Gasteiger partial charge in [0.05, 0.1) is 20.0 Å². The molecule has 3 aromatic heterocycles. The molecule has 4 aromatic rings. The summed E-state index contributed by atoms with van der Waals surface area (Å²) in [4.78, 5) is 12.7. The lowest BCUT2D eigenvalue weighted by Crippen LogP contribution is -2.20. The van der Waals surface area contributed by atoms with E-state index in [0.29, 0.717) is 35.1 Å². The molecule has 12 heteroatoms. The molecular weight excluding hydrogens is 496 g/mol. The molecule has 0 saturated heterocycles. The summed E-state index contributed by atoms with van der Waals surface area (Å²) in [5, 5.41) is 19.0. The Hall–Kier alpha value is -3.90. The Labute approximate surface area is 215 Å². The molecule has 0 aliphatic carbocycles. The van der Waals surface area contributed by atoms with Crippen molar-refractivity contribution in [3.63, 3.8) is 0 Å². The van der Waals surface area contributed by atoms with Crippen molar-refractivity contribution in [2.45, 2.75) is 32.1 Å². The lowest BCUT2D eigenvalue weighted by Gasteiger charge is -2.17. The van der Waals surface area contributed by atoms with Crippen molar-refractivity contribution in [3.8, 4) is 28.7 Å².